The molecule has 0 aliphatic carbocycles. The van der Waals surface area contributed by atoms with Crippen LogP contribution in [-0.2, 0) is 6.54 Å². The summed E-state index contributed by atoms with van der Waals surface area (Å²) in [6, 6.07) is 6.33. The largest absolute Gasteiger partial charge is 0.497 e. The molecule has 0 fully saturated rings. The molecule has 0 amide bonds. The molecule has 0 saturated carbocycles. The highest BCUT2D eigenvalue weighted by molar-refractivity contribution is 5.84. The SMILES string of the molecule is CCCn1c(=O)c(C(=O)O)nn(-c2ccc(OC)cc2)c1=O. The van der Waals surface area contributed by atoms with Gasteiger partial charge in [-0.2, -0.15) is 9.78 Å². The Labute approximate surface area is 125 Å². The standard InChI is InChI=1S/C14H15N3O5/c1-3-8-16-12(18)11(13(19)20)15-17(14(16)21)9-4-6-10(22-2)7-5-9/h4-7H,3,8H2,1-2H3,(H,19,20). The highest BCUT2D eigenvalue weighted by Gasteiger charge is 2.18. The number of hydrogen-bond donors (Lipinski definition) is 1. The summed E-state index contributed by atoms with van der Waals surface area (Å²) in [6.45, 7) is 1.90. The van der Waals surface area contributed by atoms with E-state index >= 15 is 0 Å². The number of ether oxygens (including phenoxy) is 1. The third-order valence-corrected chi connectivity index (χ3v) is 3.03. The monoisotopic (exact) mass is 305 g/mol. The predicted molar refractivity (Wildman–Crippen MR) is 77.9 cm³/mol. The second-order valence-corrected chi connectivity index (χ2v) is 4.50. The molecule has 1 aromatic carbocycles. The van der Waals surface area contributed by atoms with Gasteiger partial charge in [-0.3, -0.25) is 9.36 Å². The van der Waals surface area contributed by atoms with Crippen molar-refractivity contribution in [3.05, 3.63) is 50.8 Å². The van der Waals surface area contributed by atoms with Crippen LogP contribution in [0.5, 0.6) is 5.75 Å². The molecule has 0 unspecified atom stereocenters. The molecule has 1 N–H and O–H groups in total. The zero-order valence-electron chi connectivity index (χ0n) is 12.1. The number of carboxylic acids is 1. The van der Waals surface area contributed by atoms with Crippen molar-refractivity contribution in [2.45, 2.75) is 19.9 Å². The van der Waals surface area contributed by atoms with Gasteiger partial charge in [0.2, 0.25) is 5.69 Å². The molecule has 0 aliphatic rings. The van der Waals surface area contributed by atoms with Crippen LogP contribution in [0.3, 0.4) is 0 Å². The van der Waals surface area contributed by atoms with Crippen molar-refractivity contribution in [2.75, 3.05) is 7.11 Å². The molecule has 0 saturated heterocycles. The molecule has 0 radical (unpaired) electrons. The van der Waals surface area contributed by atoms with Crippen molar-refractivity contribution in [2.24, 2.45) is 0 Å². The third-order valence-electron chi connectivity index (χ3n) is 3.03. The maximum absolute atomic E-state index is 12.3. The lowest BCUT2D eigenvalue weighted by Crippen LogP contribution is -2.44. The van der Waals surface area contributed by atoms with Gasteiger partial charge in [-0.15, -0.1) is 0 Å². The Hall–Kier alpha value is -2.90. The molecule has 2 aromatic rings. The molecule has 116 valence electrons. The first-order chi connectivity index (χ1) is 10.5. The average Bonchev–Trinajstić information content (AvgIpc) is 2.51. The highest BCUT2D eigenvalue weighted by Crippen LogP contribution is 2.12. The van der Waals surface area contributed by atoms with E-state index in [0.717, 1.165) is 9.25 Å². The number of methoxy groups -OCH3 is 1. The Morgan fingerprint density at radius 2 is 1.91 bits per heavy atom. The number of hydrogen-bond acceptors (Lipinski definition) is 5. The second-order valence-electron chi connectivity index (χ2n) is 4.50. The zero-order valence-corrected chi connectivity index (χ0v) is 12.1. The van der Waals surface area contributed by atoms with Gasteiger partial charge in [-0.25, -0.2) is 9.59 Å². The predicted octanol–water partition coefficient (Wildman–Crippen LogP) is 0.511. The number of rotatable bonds is 5. The molecule has 0 aliphatic heterocycles. The maximum atomic E-state index is 12.3. The molecule has 8 nitrogen and oxygen atoms in total. The van der Waals surface area contributed by atoms with Crippen LogP contribution in [0.2, 0.25) is 0 Å². The molecule has 0 bridgehead atoms. The first-order valence-electron chi connectivity index (χ1n) is 6.61. The van der Waals surface area contributed by atoms with Gasteiger partial charge in [-0.1, -0.05) is 6.92 Å². The third kappa shape index (κ3) is 2.76. The lowest BCUT2D eigenvalue weighted by Gasteiger charge is -2.10. The van der Waals surface area contributed by atoms with Crippen LogP contribution in [0.25, 0.3) is 5.69 Å². The highest BCUT2D eigenvalue weighted by atomic mass is 16.5. The van der Waals surface area contributed by atoms with Gasteiger partial charge >= 0.3 is 11.7 Å². The van der Waals surface area contributed by atoms with Crippen LogP contribution in [0.1, 0.15) is 23.8 Å². The van der Waals surface area contributed by atoms with Crippen LogP contribution in [-0.4, -0.2) is 32.5 Å². The van der Waals surface area contributed by atoms with E-state index in [-0.39, 0.29) is 6.54 Å². The minimum atomic E-state index is -1.47. The molecule has 0 spiro atoms. The Kier molecular flexibility index (Phi) is 4.40. The summed E-state index contributed by atoms with van der Waals surface area (Å²) >= 11 is 0. The lowest BCUT2D eigenvalue weighted by atomic mass is 10.3. The smallest absolute Gasteiger partial charge is 0.362 e. The number of benzene rings is 1. The fourth-order valence-electron chi connectivity index (χ4n) is 1.96. The van der Waals surface area contributed by atoms with Gasteiger partial charge in [-0.05, 0) is 30.7 Å². The van der Waals surface area contributed by atoms with Gasteiger partial charge in [0, 0.05) is 6.54 Å². The lowest BCUT2D eigenvalue weighted by molar-refractivity contribution is 0.0684. The Morgan fingerprint density at radius 1 is 1.27 bits per heavy atom. The van der Waals surface area contributed by atoms with Crippen LogP contribution >= 0.6 is 0 Å². The van der Waals surface area contributed by atoms with Crippen molar-refractivity contribution in [1.29, 1.82) is 0 Å². The van der Waals surface area contributed by atoms with E-state index in [0.29, 0.717) is 17.9 Å². The van der Waals surface area contributed by atoms with E-state index in [1.165, 1.54) is 7.11 Å². The number of nitrogens with zero attached hydrogens (tertiary/aromatic N) is 3. The Balaban J connectivity index is 2.71. The van der Waals surface area contributed by atoms with Crippen molar-refractivity contribution in [1.82, 2.24) is 14.3 Å². The number of aromatic nitrogens is 3. The fourth-order valence-corrected chi connectivity index (χ4v) is 1.96. The summed E-state index contributed by atoms with van der Waals surface area (Å²) in [7, 11) is 1.50. The summed E-state index contributed by atoms with van der Waals surface area (Å²) in [5.41, 5.74) is -1.92. The topological polar surface area (TPSA) is 103 Å². The number of carbonyl (C=O) groups is 1. The number of carboxylic acid groups (broad SMARTS) is 1. The summed E-state index contributed by atoms with van der Waals surface area (Å²) in [5, 5.41) is 12.8. The van der Waals surface area contributed by atoms with E-state index in [1.54, 1.807) is 31.2 Å². The summed E-state index contributed by atoms with van der Waals surface area (Å²) in [5.74, 6) is -0.894. The summed E-state index contributed by atoms with van der Waals surface area (Å²) < 4.78 is 6.80. The van der Waals surface area contributed by atoms with Gasteiger partial charge in [0.15, 0.2) is 0 Å². The Bertz CT molecular complexity index is 805. The van der Waals surface area contributed by atoms with Crippen LogP contribution in [0, 0.1) is 0 Å². The van der Waals surface area contributed by atoms with Crippen LogP contribution in [0.15, 0.2) is 33.9 Å². The van der Waals surface area contributed by atoms with E-state index in [9.17, 15) is 14.4 Å². The van der Waals surface area contributed by atoms with Gasteiger partial charge in [0.25, 0.3) is 5.56 Å². The van der Waals surface area contributed by atoms with E-state index in [4.69, 9.17) is 9.84 Å². The van der Waals surface area contributed by atoms with E-state index in [2.05, 4.69) is 5.10 Å². The molecule has 1 heterocycles. The molecule has 1 aromatic heterocycles. The molecule has 0 atom stereocenters. The van der Waals surface area contributed by atoms with Crippen molar-refractivity contribution in [3.63, 3.8) is 0 Å². The van der Waals surface area contributed by atoms with Gasteiger partial charge in [0.05, 0.1) is 12.8 Å². The van der Waals surface area contributed by atoms with Gasteiger partial charge in [0.1, 0.15) is 5.75 Å². The van der Waals surface area contributed by atoms with E-state index in [1.807, 2.05) is 0 Å². The number of aromatic carboxylic acids is 1. The normalized spacial score (nSPS) is 10.5. The van der Waals surface area contributed by atoms with E-state index < -0.39 is 22.9 Å². The average molecular weight is 305 g/mol. The first-order valence-corrected chi connectivity index (χ1v) is 6.61. The molecule has 8 heteroatoms. The minimum Gasteiger partial charge on any atom is -0.497 e. The molecule has 2 rings (SSSR count). The zero-order chi connectivity index (χ0) is 16.3. The van der Waals surface area contributed by atoms with Crippen molar-refractivity contribution < 1.29 is 14.6 Å². The fraction of sp³-hybridized carbons (Fsp3) is 0.286. The minimum absolute atomic E-state index is 0.122. The first kappa shape index (κ1) is 15.5. The summed E-state index contributed by atoms with van der Waals surface area (Å²) in [4.78, 5) is 35.5. The molecular formula is C14H15N3O5. The van der Waals surface area contributed by atoms with Crippen LogP contribution < -0.4 is 16.0 Å². The molecule has 22 heavy (non-hydrogen) atoms. The quantitative estimate of drug-likeness (QED) is 0.863. The summed E-state index contributed by atoms with van der Waals surface area (Å²) in [6.07, 6.45) is 0.515. The molecular weight excluding hydrogens is 290 g/mol. The second kappa shape index (κ2) is 6.25. The van der Waals surface area contributed by atoms with Crippen molar-refractivity contribution >= 4 is 5.97 Å². The Morgan fingerprint density at radius 3 is 2.41 bits per heavy atom. The maximum Gasteiger partial charge on any atom is 0.362 e. The van der Waals surface area contributed by atoms with Crippen molar-refractivity contribution in [3.8, 4) is 11.4 Å². The van der Waals surface area contributed by atoms with Crippen LogP contribution in [0.4, 0.5) is 0 Å². The van der Waals surface area contributed by atoms with Gasteiger partial charge < -0.3 is 9.84 Å².